The molecule has 0 fully saturated rings. The van der Waals surface area contributed by atoms with Crippen LogP contribution in [0.25, 0.3) is 21.9 Å². The second kappa shape index (κ2) is 7.80. The Morgan fingerprint density at radius 1 is 1.15 bits per heavy atom. The minimum absolute atomic E-state index is 0.0207. The Balaban J connectivity index is 1.54. The Labute approximate surface area is 188 Å². The number of amides is 1. The molecule has 1 amide bonds. The minimum atomic E-state index is -0.542. The molecule has 4 aromatic rings. The predicted octanol–water partition coefficient (Wildman–Crippen LogP) is 3.42. The number of rotatable bonds is 3. The largest absolute Gasteiger partial charge is 0.396 e. The van der Waals surface area contributed by atoms with Gasteiger partial charge < -0.3 is 16.0 Å². The average Bonchev–Trinajstić information content (AvgIpc) is 3.00. The van der Waals surface area contributed by atoms with E-state index < -0.39 is 11.6 Å². The number of carbonyl (C=O) groups is 1. The Kier molecular flexibility index (Phi) is 4.92. The summed E-state index contributed by atoms with van der Waals surface area (Å²) in [5, 5.41) is 8.18. The lowest BCUT2D eigenvalue weighted by atomic mass is 9.98. The van der Waals surface area contributed by atoms with Crippen molar-refractivity contribution in [1.82, 2.24) is 24.6 Å². The first-order chi connectivity index (χ1) is 15.8. The zero-order valence-corrected chi connectivity index (χ0v) is 18.1. The third kappa shape index (κ3) is 3.53. The third-order valence-corrected chi connectivity index (χ3v) is 5.96. The van der Waals surface area contributed by atoms with Gasteiger partial charge in [0.2, 0.25) is 5.91 Å². The topological polar surface area (TPSA) is 102 Å². The van der Waals surface area contributed by atoms with Crippen LogP contribution < -0.4 is 11.1 Å². The number of nitrogen functional groups attached to an aromatic ring is 1. The average molecular weight is 449 g/mol. The number of carbonyl (C=O) groups excluding carboxylic acids is 1. The first-order valence-corrected chi connectivity index (χ1v) is 10.4. The summed E-state index contributed by atoms with van der Waals surface area (Å²) in [6.07, 6.45) is 5.02. The van der Waals surface area contributed by atoms with E-state index in [1.807, 2.05) is 6.92 Å². The molecule has 4 heterocycles. The standard InChI is InChI=1S/C23H21F2N7O/c1-12-3-5-27-9-15(12)14-7-13-8-18(28-10-16(13)22(26)20(14)24)29-23-21(25)17-4-6-31(2)19(33)11-32(17)30-23/h3,5,7-10H,4,6,11,26H2,1-2H3,(H,28,29,30). The maximum absolute atomic E-state index is 15.0. The number of fused-ring (bicyclic) bond motifs is 2. The highest BCUT2D eigenvalue weighted by Crippen LogP contribution is 2.35. The fourth-order valence-electron chi connectivity index (χ4n) is 4.00. The number of benzene rings is 1. The molecule has 0 atom stereocenters. The molecule has 168 valence electrons. The van der Waals surface area contributed by atoms with Crippen LogP contribution in [0.2, 0.25) is 0 Å². The summed E-state index contributed by atoms with van der Waals surface area (Å²) in [5.74, 6) is -0.905. The zero-order valence-electron chi connectivity index (χ0n) is 18.1. The van der Waals surface area contributed by atoms with Gasteiger partial charge in [0.25, 0.3) is 0 Å². The SMILES string of the molecule is Cc1ccncc1-c1cc2cc(Nc3nn4c(c3F)CCN(C)C(=O)C4)ncc2c(N)c1F. The van der Waals surface area contributed by atoms with E-state index in [0.29, 0.717) is 46.4 Å². The molecule has 0 unspecified atom stereocenters. The van der Waals surface area contributed by atoms with Crippen molar-refractivity contribution in [1.29, 1.82) is 0 Å². The molecule has 10 heteroatoms. The van der Waals surface area contributed by atoms with E-state index in [0.717, 1.165) is 5.56 Å². The monoisotopic (exact) mass is 449 g/mol. The van der Waals surface area contributed by atoms with Gasteiger partial charge in [-0.15, -0.1) is 0 Å². The van der Waals surface area contributed by atoms with E-state index in [1.54, 1.807) is 42.5 Å². The molecule has 0 saturated carbocycles. The number of hydrogen-bond acceptors (Lipinski definition) is 6. The number of nitrogens with zero attached hydrogens (tertiary/aromatic N) is 5. The number of nitrogens with two attached hydrogens (primary N) is 1. The van der Waals surface area contributed by atoms with Crippen LogP contribution in [-0.2, 0) is 17.8 Å². The van der Waals surface area contributed by atoms with Crippen molar-refractivity contribution >= 4 is 34.0 Å². The normalized spacial score (nSPS) is 13.8. The lowest BCUT2D eigenvalue weighted by Crippen LogP contribution is -2.29. The van der Waals surface area contributed by atoms with Crippen LogP contribution in [0.4, 0.5) is 26.1 Å². The van der Waals surface area contributed by atoms with Crippen molar-refractivity contribution in [3.05, 3.63) is 59.7 Å². The molecule has 1 aliphatic heterocycles. The van der Waals surface area contributed by atoms with Crippen molar-refractivity contribution in [3.63, 3.8) is 0 Å². The van der Waals surface area contributed by atoms with E-state index in [2.05, 4.69) is 20.4 Å². The summed E-state index contributed by atoms with van der Waals surface area (Å²) >= 11 is 0. The molecule has 0 bridgehead atoms. The number of pyridine rings is 2. The highest BCUT2D eigenvalue weighted by molar-refractivity contribution is 5.98. The van der Waals surface area contributed by atoms with Crippen LogP contribution in [0.5, 0.6) is 0 Å². The van der Waals surface area contributed by atoms with Crippen molar-refractivity contribution in [2.45, 2.75) is 19.9 Å². The number of aryl methyl sites for hydroxylation is 1. The Hall–Kier alpha value is -4.08. The molecule has 5 rings (SSSR count). The molecule has 33 heavy (non-hydrogen) atoms. The molecular formula is C23H21F2N7O. The van der Waals surface area contributed by atoms with Crippen molar-refractivity contribution in [2.24, 2.45) is 0 Å². The van der Waals surface area contributed by atoms with Crippen LogP contribution in [0.3, 0.4) is 0 Å². The highest BCUT2D eigenvalue weighted by Gasteiger charge is 2.25. The Morgan fingerprint density at radius 3 is 2.76 bits per heavy atom. The van der Waals surface area contributed by atoms with Crippen LogP contribution >= 0.6 is 0 Å². The molecular weight excluding hydrogens is 428 g/mol. The second-order valence-corrected chi connectivity index (χ2v) is 8.09. The van der Waals surface area contributed by atoms with Crippen molar-refractivity contribution < 1.29 is 13.6 Å². The van der Waals surface area contributed by atoms with Crippen molar-refractivity contribution in [2.75, 3.05) is 24.6 Å². The number of aromatic nitrogens is 4. The van der Waals surface area contributed by atoms with Gasteiger partial charge in [0, 0.05) is 55.1 Å². The summed E-state index contributed by atoms with van der Waals surface area (Å²) in [6, 6.07) is 5.12. The summed E-state index contributed by atoms with van der Waals surface area (Å²) in [6.45, 7) is 2.25. The smallest absolute Gasteiger partial charge is 0.244 e. The number of nitrogens with one attached hydrogen (secondary N) is 1. The first kappa shape index (κ1) is 20.8. The second-order valence-electron chi connectivity index (χ2n) is 8.09. The van der Waals surface area contributed by atoms with Crippen LogP contribution in [0, 0.1) is 18.6 Å². The number of hydrogen-bond donors (Lipinski definition) is 2. The third-order valence-electron chi connectivity index (χ3n) is 5.96. The maximum atomic E-state index is 15.0. The Morgan fingerprint density at radius 2 is 1.97 bits per heavy atom. The molecule has 1 aromatic carbocycles. The lowest BCUT2D eigenvalue weighted by Gasteiger charge is -2.13. The lowest BCUT2D eigenvalue weighted by molar-refractivity contribution is -0.130. The van der Waals surface area contributed by atoms with Crippen molar-refractivity contribution in [3.8, 4) is 11.1 Å². The number of likely N-dealkylation sites (N-methyl/N-ethyl adjacent to an activating group) is 1. The zero-order chi connectivity index (χ0) is 23.3. The van der Waals surface area contributed by atoms with E-state index in [4.69, 9.17) is 5.73 Å². The molecule has 3 N–H and O–H groups in total. The molecule has 8 nitrogen and oxygen atoms in total. The van der Waals surface area contributed by atoms with Gasteiger partial charge >= 0.3 is 0 Å². The summed E-state index contributed by atoms with van der Waals surface area (Å²) in [4.78, 5) is 22.0. The van der Waals surface area contributed by atoms with Gasteiger partial charge in [0.05, 0.1) is 11.4 Å². The first-order valence-electron chi connectivity index (χ1n) is 10.4. The molecule has 3 aromatic heterocycles. The molecule has 1 aliphatic rings. The predicted molar refractivity (Wildman–Crippen MR) is 121 cm³/mol. The maximum Gasteiger partial charge on any atom is 0.244 e. The van der Waals surface area contributed by atoms with Gasteiger partial charge in [-0.3, -0.25) is 14.5 Å². The van der Waals surface area contributed by atoms with E-state index >= 15 is 8.78 Å². The summed E-state index contributed by atoms with van der Waals surface area (Å²) < 4.78 is 31.4. The molecule has 0 radical (unpaired) electrons. The number of anilines is 3. The van der Waals surface area contributed by atoms with E-state index in [9.17, 15) is 4.79 Å². The summed E-state index contributed by atoms with van der Waals surface area (Å²) in [5.41, 5.74) is 8.22. The molecule has 0 spiro atoms. The fraction of sp³-hybridized carbons (Fsp3) is 0.217. The van der Waals surface area contributed by atoms with Gasteiger partial charge in [-0.1, -0.05) is 0 Å². The van der Waals surface area contributed by atoms with Crippen LogP contribution in [0.1, 0.15) is 11.3 Å². The van der Waals surface area contributed by atoms with Gasteiger partial charge in [0.15, 0.2) is 17.5 Å². The van der Waals surface area contributed by atoms with E-state index in [-0.39, 0.29) is 24.0 Å². The van der Waals surface area contributed by atoms with Gasteiger partial charge in [-0.2, -0.15) is 5.10 Å². The van der Waals surface area contributed by atoms with Crippen LogP contribution in [0.15, 0.2) is 36.8 Å². The van der Waals surface area contributed by atoms with Gasteiger partial charge in [-0.05, 0) is 36.1 Å². The number of halogens is 2. The Bertz CT molecular complexity index is 1420. The molecule has 0 saturated heterocycles. The van der Waals surface area contributed by atoms with Gasteiger partial charge in [0.1, 0.15) is 12.4 Å². The fourth-order valence-corrected chi connectivity index (χ4v) is 4.00. The quantitative estimate of drug-likeness (QED) is 0.465. The summed E-state index contributed by atoms with van der Waals surface area (Å²) in [7, 11) is 1.68. The van der Waals surface area contributed by atoms with Gasteiger partial charge in [-0.25, -0.2) is 13.8 Å². The minimum Gasteiger partial charge on any atom is -0.396 e. The van der Waals surface area contributed by atoms with Crippen LogP contribution in [-0.4, -0.2) is 44.1 Å². The molecule has 0 aliphatic carbocycles. The van der Waals surface area contributed by atoms with E-state index in [1.165, 1.54) is 10.9 Å². The highest BCUT2D eigenvalue weighted by atomic mass is 19.1.